The number of hydrogen-bond acceptors (Lipinski definition) is 6. The van der Waals surface area contributed by atoms with Crippen LogP contribution in [-0.2, 0) is 6.54 Å². The van der Waals surface area contributed by atoms with Crippen molar-refractivity contribution in [2.45, 2.75) is 6.54 Å². The summed E-state index contributed by atoms with van der Waals surface area (Å²) < 4.78 is 5.29. The predicted octanol–water partition coefficient (Wildman–Crippen LogP) is 2.64. The summed E-state index contributed by atoms with van der Waals surface area (Å²) in [4.78, 5) is 25.3. The van der Waals surface area contributed by atoms with Gasteiger partial charge in [-0.3, -0.25) is 4.79 Å². The number of hydrogen-bond donors (Lipinski definition) is 1. The zero-order chi connectivity index (χ0) is 18.5. The monoisotopic (exact) mass is 363 g/mol. The second kappa shape index (κ2) is 7.90. The van der Waals surface area contributed by atoms with E-state index in [2.05, 4.69) is 32.3 Å². The number of benzene rings is 1. The number of piperazine rings is 1. The van der Waals surface area contributed by atoms with E-state index in [1.165, 1.54) is 12.0 Å². The van der Waals surface area contributed by atoms with Crippen LogP contribution in [0.1, 0.15) is 16.2 Å². The van der Waals surface area contributed by atoms with Crippen molar-refractivity contribution in [3.05, 3.63) is 72.6 Å². The van der Waals surface area contributed by atoms with E-state index in [4.69, 9.17) is 4.42 Å². The van der Waals surface area contributed by atoms with Crippen LogP contribution in [0, 0.1) is 0 Å². The molecule has 0 bridgehead atoms. The number of amides is 1. The molecule has 7 nitrogen and oxygen atoms in total. The van der Waals surface area contributed by atoms with Gasteiger partial charge in [0.05, 0.1) is 12.8 Å². The highest BCUT2D eigenvalue weighted by Crippen LogP contribution is 2.17. The van der Waals surface area contributed by atoms with Gasteiger partial charge in [0, 0.05) is 37.9 Å². The van der Waals surface area contributed by atoms with Crippen LogP contribution >= 0.6 is 0 Å². The summed E-state index contributed by atoms with van der Waals surface area (Å²) in [6.07, 6.45) is 3.04. The first-order chi connectivity index (χ1) is 13.3. The van der Waals surface area contributed by atoms with Crippen LogP contribution in [0.5, 0.6) is 0 Å². The molecule has 1 N–H and O–H groups in total. The molecule has 4 rings (SSSR count). The van der Waals surface area contributed by atoms with Crippen molar-refractivity contribution >= 4 is 17.4 Å². The minimum absolute atomic E-state index is 0.0637. The van der Waals surface area contributed by atoms with Gasteiger partial charge in [-0.25, -0.2) is 9.97 Å². The molecule has 138 valence electrons. The Kier molecular flexibility index (Phi) is 5.00. The summed E-state index contributed by atoms with van der Waals surface area (Å²) in [6, 6.07) is 15.7. The van der Waals surface area contributed by atoms with E-state index >= 15 is 0 Å². The number of anilines is 2. The number of nitrogens with one attached hydrogen (secondary N) is 1. The summed E-state index contributed by atoms with van der Waals surface area (Å²) in [6.45, 7) is 3.47. The van der Waals surface area contributed by atoms with Crippen LogP contribution in [0.4, 0.5) is 11.5 Å². The molecule has 7 heteroatoms. The molecule has 1 saturated heterocycles. The maximum atomic E-state index is 12.8. The Bertz CT molecular complexity index is 874. The fourth-order valence-electron chi connectivity index (χ4n) is 3.13. The van der Waals surface area contributed by atoms with Crippen LogP contribution in [0.15, 0.2) is 65.5 Å². The van der Waals surface area contributed by atoms with Crippen molar-refractivity contribution in [1.29, 1.82) is 0 Å². The zero-order valence-corrected chi connectivity index (χ0v) is 14.9. The predicted molar refractivity (Wildman–Crippen MR) is 103 cm³/mol. The normalized spacial score (nSPS) is 14.2. The Morgan fingerprint density at radius 1 is 1.04 bits per heavy atom. The van der Waals surface area contributed by atoms with Crippen molar-refractivity contribution in [3.63, 3.8) is 0 Å². The van der Waals surface area contributed by atoms with Crippen molar-refractivity contribution in [2.75, 3.05) is 36.4 Å². The minimum atomic E-state index is -0.0637. The van der Waals surface area contributed by atoms with E-state index in [-0.39, 0.29) is 5.91 Å². The highest BCUT2D eigenvalue weighted by molar-refractivity contribution is 5.93. The maximum Gasteiger partial charge on any atom is 0.272 e. The molecule has 0 radical (unpaired) electrons. The highest BCUT2D eigenvalue weighted by atomic mass is 16.3. The molecule has 27 heavy (non-hydrogen) atoms. The quantitative estimate of drug-likeness (QED) is 0.751. The molecular weight excluding hydrogens is 342 g/mol. The maximum absolute atomic E-state index is 12.8. The standard InChI is InChI=1S/C20H21N5O2/c26-20(25-10-8-24(9-11-25)16-5-2-1-3-6-16)18-13-19(23-15-22-18)21-14-17-7-4-12-27-17/h1-7,12-13,15H,8-11,14H2,(H,21,22,23). The van der Waals surface area contributed by atoms with Gasteiger partial charge in [0.15, 0.2) is 0 Å². The average Bonchev–Trinajstić information content (AvgIpc) is 3.26. The molecule has 1 aromatic carbocycles. The van der Waals surface area contributed by atoms with E-state index in [0.717, 1.165) is 18.8 Å². The molecule has 0 spiro atoms. The third-order valence-corrected chi connectivity index (χ3v) is 4.60. The van der Waals surface area contributed by atoms with Gasteiger partial charge < -0.3 is 19.5 Å². The third-order valence-electron chi connectivity index (χ3n) is 4.60. The number of para-hydroxylation sites is 1. The molecule has 2 aromatic heterocycles. The van der Waals surface area contributed by atoms with Gasteiger partial charge in [-0.1, -0.05) is 18.2 Å². The Labute approximate surface area is 157 Å². The van der Waals surface area contributed by atoms with Crippen LogP contribution in [0.2, 0.25) is 0 Å². The van der Waals surface area contributed by atoms with E-state index in [1.54, 1.807) is 12.3 Å². The fourth-order valence-corrected chi connectivity index (χ4v) is 3.13. The first-order valence-corrected chi connectivity index (χ1v) is 8.97. The van der Waals surface area contributed by atoms with Crippen molar-refractivity contribution in [2.24, 2.45) is 0 Å². The fraction of sp³-hybridized carbons (Fsp3) is 0.250. The minimum Gasteiger partial charge on any atom is -0.467 e. The smallest absolute Gasteiger partial charge is 0.272 e. The molecule has 0 aliphatic carbocycles. The van der Waals surface area contributed by atoms with Crippen molar-refractivity contribution in [3.8, 4) is 0 Å². The van der Waals surface area contributed by atoms with Gasteiger partial charge >= 0.3 is 0 Å². The number of carbonyl (C=O) groups excluding carboxylic acids is 1. The van der Waals surface area contributed by atoms with Gasteiger partial charge in [-0.2, -0.15) is 0 Å². The number of rotatable bonds is 5. The summed E-state index contributed by atoms with van der Waals surface area (Å²) in [5.74, 6) is 1.34. The highest BCUT2D eigenvalue weighted by Gasteiger charge is 2.23. The molecule has 0 atom stereocenters. The molecule has 1 amide bonds. The lowest BCUT2D eigenvalue weighted by molar-refractivity contribution is 0.0740. The number of nitrogens with zero attached hydrogens (tertiary/aromatic N) is 4. The topological polar surface area (TPSA) is 74.5 Å². The lowest BCUT2D eigenvalue weighted by atomic mass is 10.2. The summed E-state index contributed by atoms with van der Waals surface area (Å²) >= 11 is 0. The molecule has 1 fully saturated rings. The van der Waals surface area contributed by atoms with Crippen LogP contribution in [-0.4, -0.2) is 47.0 Å². The first-order valence-electron chi connectivity index (χ1n) is 8.97. The summed E-state index contributed by atoms with van der Waals surface area (Å²) in [7, 11) is 0. The largest absolute Gasteiger partial charge is 0.467 e. The van der Waals surface area contributed by atoms with Gasteiger partial charge in [0.25, 0.3) is 5.91 Å². The molecule has 3 aromatic rings. The SMILES string of the molecule is O=C(c1cc(NCc2ccco2)ncn1)N1CCN(c2ccccc2)CC1. The van der Waals surface area contributed by atoms with Crippen molar-refractivity contribution < 1.29 is 9.21 Å². The van der Waals surface area contributed by atoms with Crippen LogP contribution < -0.4 is 10.2 Å². The van der Waals surface area contributed by atoms with E-state index in [9.17, 15) is 4.79 Å². The Morgan fingerprint density at radius 2 is 1.85 bits per heavy atom. The van der Waals surface area contributed by atoms with E-state index in [0.29, 0.717) is 31.1 Å². The van der Waals surface area contributed by atoms with Gasteiger partial charge in [0.2, 0.25) is 0 Å². The lowest BCUT2D eigenvalue weighted by Gasteiger charge is -2.36. The number of aromatic nitrogens is 2. The number of furan rings is 1. The molecule has 1 aliphatic heterocycles. The van der Waals surface area contributed by atoms with Gasteiger partial charge in [-0.05, 0) is 24.3 Å². The van der Waals surface area contributed by atoms with Crippen molar-refractivity contribution in [1.82, 2.24) is 14.9 Å². The van der Waals surface area contributed by atoms with Crippen LogP contribution in [0.25, 0.3) is 0 Å². The number of carbonyl (C=O) groups is 1. The Hall–Kier alpha value is -3.35. The van der Waals surface area contributed by atoms with Crippen LogP contribution in [0.3, 0.4) is 0 Å². The summed E-state index contributed by atoms with van der Waals surface area (Å²) in [5.41, 5.74) is 1.59. The molecular formula is C20H21N5O2. The Balaban J connectivity index is 1.36. The second-order valence-electron chi connectivity index (χ2n) is 6.34. The average molecular weight is 363 g/mol. The Morgan fingerprint density at radius 3 is 2.59 bits per heavy atom. The van der Waals surface area contributed by atoms with E-state index < -0.39 is 0 Å². The third kappa shape index (κ3) is 4.08. The summed E-state index contributed by atoms with van der Waals surface area (Å²) in [5, 5.41) is 3.15. The van der Waals surface area contributed by atoms with E-state index in [1.807, 2.05) is 35.2 Å². The molecule has 0 saturated carbocycles. The lowest BCUT2D eigenvalue weighted by Crippen LogP contribution is -2.49. The molecule has 3 heterocycles. The molecule has 0 unspecified atom stereocenters. The van der Waals surface area contributed by atoms with Gasteiger partial charge in [0.1, 0.15) is 23.6 Å². The zero-order valence-electron chi connectivity index (χ0n) is 14.9. The molecule has 1 aliphatic rings. The second-order valence-corrected chi connectivity index (χ2v) is 6.34. The first kappa shape index (κ1) is 17.1. The van der Waals surface area contributed by atoms with Gasteiger partial charge in [-0.15, -0.1) is 0 Å².